The predicted octanol–water partition coefficient (Wildman–Crippen LogP) is 5.20. The summed E-state index contributed by atoms with van der Waals surface area (Å²) in [6.07, 6.45) is -4.51. The number of nitrogens with one attached hydrogen (secondary N) is 1. The molecule has 2 aromatic rings. The second-order valence-corrected chi connectivity index (χ2v) is 5.66. The van der Waals surface area contributed by atoms with Crippen LogP contribution in [0.4, 0.5) is 18.9 Å². The van der Waals surface area contributed by atoms with Crippen molar-refractivity contribution in [1.82, 2.24) is 0 Å². The van der Waals surface area contributed by atoms with Gasteiger partial charge in [0.2, 0.25) is 0 Å². The SMILES string of the molecule is Cc1ccc(C)c(OC(C)CNc2cccc(C(F)(F)F)c2)c1. The van der Waals surface area contributed by atoms with Crippen molar-refractivity contribution in [3.8, 4) is 5.75 Å². The molecule has 1 atom stereocenters. The lowest BCUT2D eigenvalue weighted by atomic mass is 10.1. The maximum atomic E-state index is 12.7. The molecule has 23 heavy (non-hydrogen) atoms. The minimum Gasteiger partial charge on any atom is -0.489 e. The van der Waals surface area contributed by atoms with Crippen molar-refractivity contribution in [2.24, 2.45) is 0 Å². The molecule has 0 radical (unpaired) electrons. The van der Waals surface area contributed by atoms with Gasteiger partial charge in [-0.1, -0.05) is 18.2 Å². The van der Waals surface area contributed by atoms with Crippen LogP contribution in [0.2, 0.25) is 0 Å². The van der Waals surface area contributed by atoms with Crippen LogP contribution in [0, 0.1) is 13.8 Å². The molecular formula is C18H20F3NO. The number of hydrogen-bond acceptors (Lipinski definition) is 2. The van der Waals surface area contributed by atoms with E-state index in [0.29, 0.717) is 12.2 Å². The maximum Gasteiger partial charge on any atom is 0.416 e. The highest BCUT2D eigenvalue weighted by molar-refractivity contribution is 5.46. The summed E-state index contributed by atoms with van der Waals surface area (Å²) < 4.78 is 43.9. The molecule has 2 nitrogen and oxygen atoms in total. The second kappa shape index (κ2) is 6.94. The average molecular weight is 323 g/mol. The van der Waals surface area contributed by atoms with E-state index in [1.54, 1.807) is 6.07 Å². The van der Waals surface area contributed by atoms with Crippen LogP contribution in [0.25, 0.3) is 0 Å². The third kappa shape index (κ3) is 4.91. The van der Waals surface area contributed by atoms with Crippen molar-refractivity contribution in [3.05, 3.63) is 59.2 Å². The van der Waals surface area contributed by atoms with Crippen LogP contribution < -0.4 is 10.1 Å². The zero-order chi connectivity index (χ0) is 17.0. The number of anilines is 1. The van der Waals surface area contributed by atoms with Crippen LogP contribution in [0.5, 0.6) is 5.75 Å². The molecule has 0 spiro atoms. The van der Waals surface area contributed by atoms with Crippen LogP contribution in [0.1, 0.15) is 23.6 Å². The van der Waals surface area contributed by atoms with Gasteiger partial charge in [0, 0.05) is 5.69 Å². The van der Waals surface area contributed by atoms with Gasteiger partial charge >= 0.3 is 6.18 Å². The molecule has 1 unspecified atom stereocenters. The quantitative estimate of drug-likeness (QED) is 0.816. The van der Waals surface area contributed by atoms with E-state index in [9.17, 15) is 13.2 Å². The fraction of sp³-hybridized carbons (Fsp3) is 0.333. The monoisotopic (exact) mass is 323 g/mol. The lowest BCUT2D eigenvalue weighted by Crippen LogP contribution is -2.23. The Morgan fingerprint density at radius 1 is 1.09 bits per heavy atom. The van der Waals surface area contributed by atoms with Crippen molar-refractivity contribution in [1.29, 1.82) is 0 Å². The van der Waals surface area contributed by atoms with Crippen molar-refractivity contribution in [2.75, 3.05) is 11.9 Å². The van der Waals surface area contributed by atoms with Gasteiger partial charge in [0.1, 0.15) is 11.9 Å². The Hall–Kier alpha value is -2.17. The Morgan fingerprint density at radius 3 is 2.52 bits per heavy atom. The van der Waals surface area contributed by atoms with Gasteiger partial charge < -0.3 is 10.1 Å². The van der Waals surface area contributed by atoms with Gasteiger partial charge in [-0.25, -0.2) is 0 Å². The maximum absolute atomic E-state index is 12.7. The molecule has 0 bridgehead atoms. The Kier molecular flexibility index (Phi) is 5.19. The molecule has 1 N–H and O–H groups in total. The smallest absolute Gasteiger partial charge is 0.416 e. The molecule has 0 aromatic heterocycles. The zero-order valence-electron chi connectivity index (χ0n) is 13.4. The molecule has 2 rings (SSSR count). The van der Waals surface area contributed by atoms with Crippen molar-refractivity contribution < 1.29 is 17.9 Å². The lowest BCUT2D eigenvalue weighted by molar-refractivity contribution is -0.137. The lowest BCUT2D eigenvalue weighted by Gasteiger charge is -2.18. The molecule has 0 amide bonds. The summed E-state index contributed by atoms with van der Waals surface area (Å²) in [4.78, 5) is 0. The topological polar surface area (TPSA) is 21.3 Å². The molecule has 0 aliphatic rings. The fourth-order valence-corrected chi connectivity index (χ4v) is 2.16. The van der Waals surface area contributed by atoms with Gasteiger partial charge in [0.05, 0.1) is 12.1 Å². The minimum absolute atomic E-state index is 0.176. The molecular weight excluding hydrogens is 303 g/mol. The van der Waals surface area contributed by atoms with E-state index < -0.39 is 11.7 Å². The van der Waals surface area contributed by atoms with Crippen LogP contribution in [0.15, 0.2) is 42.5 Å². The third-order valence-corrected chi connectivity index (χ3v) is 3.46. The van der Waals surface area contributed by atoms with Crippen molar-refractivity contribution in [3.63, 3.8) is 0 Å². The molecule has 0 aliphatic carbocycles. The number of alkyl halides is 3. The first-order chi connectivity index (χ1) is 10.8. The highest BCUT2D eigenvalue weighted by Gasteiger charge is 2.30. The predicted molar refractivity (Wildman–Crippen MR) is 85.9 cm³/mol. The Morgan fingerprint density at radius 2 is 1.83 bits per heavy atom. The molecule has 5 heteroatoms. The molecule has 0 saturated carbocycles. The van der Waals surface area contributed by atoms with Crippen LogP contribution in [-0.2, 0) is 6.18 Å². The van der Waals surface area contributed by atoms with E-state index >= 15 is 0 Å². The average Bonchev–Trinajstić information content (AvgIpc) is 2.48. The van der Waals surface area contributed by atoms with Crippen molar-refractivity contribution in [2.45, 2.75) is 33.1 Å². The molecule has 124 valence electrons. The zero-order valence-corrected chi connectivity index (χ0v) is 13.4. The molecule has 0 fully saturated rings. The van der Waals surface area contributed by atoms with E-state index in [2.05, 4.69) is 5.32 Å². The van der Waals surface area contributed by atoms with E-state index in [-0.39, 0.29) is 6.10 Å². The number of aryl methyl sites for hydroxylation is 2. The van der Waals surface area contributed by atoms with Gasteiger partial charge in [-0.2, -0.15) is 13.2 Å². The first-order valence-corrected chi connectivity index (χ1v) is 7.41. The summed E-state index contributed by atoms with van der Waals surface area (Å²) >= 11 is 0. The number of benzene rings is 2. The van der Waals surface area contributed by atoms with Gasteiger partial charge in [-0.05, 0) is 56.2 Å². The van der Waals surface area contributed by atoms with Gasteiger partial charge in [-0.15, -0.1) is 0 Å². The largest absolute Gasteiger partial charge is 0.489 e. The summed E-state index contributed by atoms with van der Waals surface area (Å²) in [6, 6.07) is 11.1. The van der Waals surface area contributed by atoms with Crippen LogP contribution in [0.3, 0.4) is 0 Å². The van der Waals surface area contributed by atoms with E-state index in [1.807, 2.05) is 39.0 Å². The van der Waals surface area contributed by atoms with Gasteiger partial charge in [0.15, 0.2) is 0 Å². The number of halogens is 3. The molecule has 0 aliphatic heterocycles. The highest BCUT2D eigenvalue weighted by atomic mass is 19.4. The van der Waals surface area contributed by atoms with Crippen molar-refractivity contribution >= 4 is 5.69 Å². The first kappa shape index (κ1) is 17.2. The molecule has 0 heterocycles. The highest BCUT2D eigenvalue weighted by Crippen LogP contribution is 2.30. The number of ether oxygens (including phenoxy) is 1. The summed E-state index contributed by atoms with van der Waals surface area (Å²) in [7, 11) is 0. The Bertz CT molecular complexity index is 668. The van der Waals surface area contributed by atoms with Gasteiger partial charge in [-0.3, -0.25) is 0 Å². The Balaban J connectivity index is 1.97. The fourth-order valence-electron chi connectivity index (χ4n) is 2.16. The third-order valence-electron chi connectivity index (χ3n) is 3.46. The van der Waals surface area contributed by atoms with E-state index in [1.165, 1.54) is 6.07 Å². The molecule has 2 aromatic carbocycles. The number of rotatable bonds is 5. The minimum atomic E-state index is -4.33. The normalized spacial score (nSPS) is 12.8. The summed E-state index contributed by atoms with van der Waals surface area (Å²) in [5.74, 6) is 0.795. The summed E-state index contributed by atoms with van der Waals surface area (Å²) in [5, 5.41) is 2.99. The van der Waals surface area contributed by atoms with Crippen LogP contribution in [-0.4, -0.2) is 12.6 Å². The van der Waals surface area contributed by atoms with E-state index in [0.717, 1.165) is 29.0 Å². The molecule has 0 saturated heterocycles. The summed E-state index contributed by atoms with van der Waals surface area (Å²) in [5.41, 5.74) is 1.90. The van der Waals surface area contributed by atoms with Crippen LogP contribution >= 0.6 is 0 Å². The second-order valence-electron chi connectivity index (χ2n) is 5.66. The van der Waals surface area contributed by atoms with Gasteiger partial charge in [0.25, 0.3) is 0 Å². The summed E-state index contributed by atoms with van der Waals surface area (Å²) in [6.45, 7) is 6.23. The number of hydrogen-bond donors (Lipinski definition) is 1. The first-order valence-electron chi connectivity index (χ1n) is 7.41. The standard InChI is InChI=1S/C18H20F3NO/c1-12-7-8-13(2)17(9-12)23-14(3)11-22-16-6-4-5-15(10-16)18(19,20)21/h4-10,14,22H,11H2,1-3H3. The Labute approximate surface area is 134 Å². The van der Waals surface area contributed by atoms with E-state index in [4.69, 9.17) is 4.74 Å².